The molecule has 1 rings (SSSR count). The van der Waals surface area contributed by atoms with Crippen LogP contribution in [0.3, 0.4) is 0 Å². The summed E-state index contributed by atoms with van der Waals surface area (Å²) in [4.78, 5) is 13.7. The Balaban J connectivity index is 2.76. The highest BCUT2D eigenvalue weighted by molar-refractivity contribution is 6.30. The number of phenolic OH excluding ortho intramolecular Hbond substituents is 1. The lowest BCUT2D eigenvalue weighted by molar-refractivity contribution is -0.135. The standard InChI is InChI=1S/C9H8ClNO3/c10-7-2-1-6(8(12)3-7)4-11-5-9(13)14/h1-4,12H,5H2,(H,13,14). The molecule has 74 valence electrons. The minimum atomic E-state index is -1.02. The maximum Gasteiger partial charge on any atom is 0.325 e. The largest absolute Gasteiger partial charge is 0.507 e. The minimum absolute atomic E-state index is 0.0216. The number of aromatic hydroxyl groups is 1. The third kappa shape index (κ3) is 3.06. The van der Waals surface area contributed by atoms with Crippen molar-refractivity contribution in [3.63, 3.8) is 0 Å². The van der Waals surface area contributed by atoms with E-state index in [0.717, 1.165) is 0 Å². The first-order valence-corrected chi connectivity index (χ1v) is 4.17. The second-order valence-electron chi connectivity index (χ2n) is 2.57. The molecule has 0 heterocycles. The van der Waals surface area contributed by atoms with Crippen LogP contribution in [0, 0.1) is 0 Å². The summed E-state index contributed by atoms with van der Waals surface area (Å²) in [7, 11) is 0. The summed E-state index contributed by atoms with van der Waals surface area (Å²) in [6.45, 7) is -0.317. The first-order chi connectivity index (χ1) is 6.59. The van der Waals surface area contributed by atoms with E-state index in [9.17, 15) is 9.90 Å². The second-order valence-corrected chi connectivity index (χ2v) is 3.00. The topological polar surface area (TPSA) is 69.9 Å². The zero-order valence-electron chi connectivity index (χ0n) is 7.14. The summed E-state index contributed by atoms with van der Waals surface area (Å²) in [5.41, 5.74) is 0.440. The smallest absolute Gasteiger partial charge is 0.325 e. The number of carboxylic acids is 1. The summed E-state index contributed by atoms with van der Waals surface area (Å²) in [5, 5.41) is 18.1. The molecule has 0 aliphatic rings. The lowest BCUT2D eigenvalue weighted by atomic mass is 10.2. The van der Waals surface area contributed by atoms with Crippen LogP contribution in [0.15, 0.2) is 23.2 Å². The molecule has 0 amide bonds. The number of hydrogen-bond donors (Lipinski definition) is 2. The molecule has 0 aliphatic carbocycles. The van der Waals surface area contributed by atoms with Gasteiger partial charge in [-0.15, -0.1) is 0 Å². The van der Waals surface area contributed by atoms with E-state index >= 15 is 0 Å². The van der Waals surface area contributed by atoms with Gasteiger partial charge in [0.15, 0.2) is 0 Å². The van der Waals surface area contributed by atoms with Gasteiger partial charge in [0, 0.05) is 16.8 Å². The number of nitrogens with zero attached hydrogens (tertiary/aromatic N) is 1. The molecule has 4 nitrogen and oxygen atoms in total. The Hall–Kier alpha value is -1.55. The highest BCUT2D eigenvalue weighted by atomic mass is 35.5. The van der Waals surface area contributed by atoms with Gasteiger partial charge >= 0.3 is 5.97 Å². The summed E-state index contributed by atoms with van der Waals surface area (Å²) in [6.07, 6.45) is 1.29. The number of hydrogen-bond acceptors (Lipinski definition) is 3. The number of aliphatic imine (C=N–C) groups is 1. The van der Waals surface area contributed by atoms with Crippen molar-refractivity contribution in [1.82, 2.24) is 0 Å². The van der Waals surface area contributed by atoms with Crippen molar-refractivity contribution in [3.05, 3.63) is 28.8 Å². The van der Waals surface area contributed by atoms with E-state index in [2.05, 4.69) is 4.99 Å². The lowest BCUT2D eigenvalue weighted by Crippen LogP contribution is -1.99. The van der Waals surface area contributed by atoms with E-state index in [0.29, 0.717) is 10.6 Å². The summed E-state index contributed by atoms with van der Waals surface area (Å²) >= 11 is 5.60. The highest BCUT2D eigenvalue weighted by Crippen LogP contribution is 2.20. The van der Waals surface area contributed by atoms with E-state index in [4.69, 9.17) is 16.7 Å². The van der Waals surface area contributed by atoms with Gasteiger partial charge in [-0.05, 0) is 18.2 Å². The zero-order chi connectivity index (χ0) is 10.6. The fourth-order valence-electron chi connectivity index (χ4n) is 0.848. The molecular formula is C9H8ClNO3. The second kappa shape index (κ2) is 4.62. The van der Waals surface area contributed by atoms with Crippen LogP contribution in [-0.4, -0.2) is 28.9 Å². The molecule has 0 unspecified atom stereocenters. The molecule has 0 saturated heterocycles. The predicted octanol–water partition coefficient (Wildman–Crippen LogP) is 1.55. The van der Waals surface area contributed by atoms with E-state index in [-0.39, 0.29) is 12.3 Å². The molecule has 14 heavy (non-hydrogen) atoms. The molecule has 0 bridgehead atoms. The van der Waals surface area contributed by atoms with Crippen molar-refractivity contribution in [2.45, 2.75) is 0 Å². The molecule has 0 fully saturated rings. The maximum absolute atomic E-state index is 10.1. The molecule has 0 radical (unpaired) electrons. The van der Waals surface area contributed by atoms with Crippen molar-refractivity contribution in [2.75, 3.05) is 6.54 Å². The Kier molecular flexibility index (Phi) is 3.48. The van der Waals surface area contributed by atoms with Crippen LogP contribution in [0.1, 0.15) is 5.56 Å². The van der Waals surface area contributed by atoms with Crippen LogP contribution in [0.5, 0.6) is 5.75 Å². The van der Waals surface area contributed by atoms with Gasteiger partial charge < -0.3 is 10.2 Å². The molecule has 0 aromatic heterocycles. The Morgan fingerprint density at radius 3 is 2.86 bits per heavy atom. The first kappa shape index (κ1) is 10.5. The summed E-state index contributed by atoms with van der Waals surface area (Å²) in [5.74, 6) is -1.04. The van der Waals surface area contributed by atoms with Crippen LogP contribution in [-0.2, 0) is 4.79 Å². The number of phenols is 1. The number of carboxylic acid groups (broad SMARTS) is 1. The SMILES string of the molecule is O=C(O)CN=Cc1ccc(Cl)cc1O. The normalized spacial score (nSPS) is 10.6. The first-order valence-electron chi connectivity index (χ1n) is 3.80. The predicted molar refractivity (Wildman–Crippen MR) is 53.2 cm³/mol. The fraction of sp³-hybridized carbons (Fsp3) is 0.111. The monoisotopic (exact) mass is 213 g/mol. The molecule has 0 saturated carbocycles. The molecule has 5 heteroatoms. The van der Waals surface area contributed by atoms with Gasteiger partial charge in [0.1, 0.15) is 12.3 Å². The van der Waals surface area contributed by atoms with Crippen LogP contribution in [0.2, 0.25) is 5.02 Å². The number of halogens is 1. The van der Waals surface area contributed by atoms with E-state index in [1.807, 2.05) is 0 Å². The summed E-state index contributed by atoms with van der Waals surface area (Å²) in [6, 6.07) is 4.51. The van der Waals surface area contributed by atoms with Crippen LogP contribution in [0.25, 0.3) is 0 Å². The van der Waals surface area contributed by atoms with E-state index in [1.54, 1.807) is 12.1 Å². The Labute approximate surface area is 85.5 Å². The third-order valence-corrected chi connectivity index (χ3v) is 1.68. The maximum atomic E-state index is 10.1. The van der Waals surface area contributed by atoms with Crippen molar-refractivity contribution < 1.29 is 15.0 Å². The van der Waals surface area contributed by atoms with Crippen molar-refractivity contribution in [1.29, 1.82) is 0 Å². The summed E-state index contributed by atoms with van der Waals surface area (Å²) < 4.78 is 0. The Morgan fingerprint density at radius 1 is 1.57 bits per heavy atom. The van der Waals surface area contributed by atoms with Gasteiger partial charge in [0.25, 0.3) is 0 Å². The quantitative estimate of drug-likeness (QED) is 0.749. The molecule has 0 atom stereocenters. The van der Waals surface area contributed by atoms with E-state index in [1.165, 1.54) is 12.3 Å². The van der Waals surface area contributed by atoms with Gasteiger partial charge in [-0.25, -0.2) is 0 Å². The zero-order valence-corrected chi connectivity index (χ0v) is 7.90. The van der Waals surface area contributed by atoms with Gasteiger partial charge in [-0.3, -0.25) is 9.79 Å². The van der Waals surface area contributed by atoms with Crippen LogP contribution in [0.4, 0.5) is 0 Å². The molecule has 1 aromatic carbocycles. The fourth-order valence-corrected chi connectivity index (χ4v) is 1.01. The van der Waals surface area contributed by atoms with Crippen LogP contribution >= 0.6 is 11.6 Å². The third-order valence-electron chi connectivity index (χ3n) is 1.45. The number of benzene rings is 1. The van der Waals surface area contributed by atoms with Gasteiger partial charge in [-0.1, -0.05) is 11.6 Å². The van der Waals surface area contributed by atoms with Crippen molar-refractivity contribution in [3.8, 4) is 5.75 Å². The number of aliphatic carboxylic acids is 1. The molecule has 1 aromatic rings. The van der Waals surface area contributed by atoms with Gasteiger partial charge in [0.05, 0.1) is 0 Å². The van der Waals surface area contributed by atoms with Gasteiger partial charge in [0.2, 0.25) is 0 Å². The Bertz CT molecular complexity index is 376. The minimum Gasteiger partial charge on any atom is -0.507 e. The molecule has 0 aliphatic heterocycles. The van der Waals surface area contributed by atoms with Gasteiger partial charge in [-0.2, -0.15) is 0 Å². The van der Waals surface area contributed by atoms with E-state index < -0.39 is 5.97 Å². The number of rotatable bonds is 3. The molecule has 0 spiro atoms. The average Bonchev–Trinajstić information content (AvgIpc) is 2.08. The average molecular weight is 214 g/mol. The molecule has 2 N–H and O–H groups in total. The highest BCUT2D eigenvalue weighted by Gasteiger charge is 1.98. The van der Waals surface area contributed by atoms with Crippen molar-refractivity contribution in [2.24, 2.45) is 4.99 Å². The lowest BCUT2D eigenvalue weighted by Gasteiger charge is -1.97. The number of carbonyl (C=O) groups is 1. The molecular weight excluding hydrogens is 206 g/mol. The Morgan fingerprint density at radius 2 is 2.29 bits per heavy atom. The van der Waals surface area contributed by atoms with Crippen molar-refractivity contribution >= 4 is 23.8 Å². The van der Waals surface area contributed by atoms with Crippen LogP contribution < -0.4 is 0 Å².